The maximum absolute atomic E-state index is 13.0. The van der Waals surface area contributed by atoms with Crippen molar-refractivity contribution in [3.8, 4) is 0 Å². The molecule has 0 radical (unpaired) electrons. The Morgan fingerprint density at radius 1 is 1.10 bits per heavy atom. The fourth-order valence-corrected chi connectivity index (χ4v) is 6.92. The quantitative estimate of drug-likeness (QED) is 0.794. The molecule has 4 bridgehead atoms. The van der Waals surface area contributed by atoms with E-state index in [0.717, 1.165) is 48.9 Å². The molecular formula is C24H34N2O3. The maximum Gasteiger partial charge on any atom is 0.243 e. The highest BCUT2D eigenvalue weighted by molar-refractivity contribution is 5.95. The van der Waals surface area contributed by atoms with E-state index < -0.39 is 5.60 Å². The van der Waals surface area contributed by atoms with E-state index in [1.54, 1.807) is 11.9 Å². The normalized spacial score (nSPS) is 32.3. The average molecular weight is 399 g/mol. The van der Waals surface area contributed by atoms with E-state index in [9.17, 15) is 14.7 Å². The first kappa shape index (κ1) is 20.4. The van der Waals surface area contributed by atoms with E-state index in [0.29, 0.717) is 18.3 Å². The van der Waals surface area contributed by atoms with E-state index in [1.165, 1.54) is 12.0 Å². The van der Waals surface area contributed by atoms with Gasteiger partial charge in [-0.15, -0.1) is 0 Å². The van der Waals surface area contributed by atoms with Crippen molar-refractivity contribution in [2.75, 3.05) is 18.9 Å². The summed E-state index contributed by atoms with van der Waals surface area (Å²) < 4.78 is 0. The van der Waals surface area contributed by atoms with Gasteiger partial charge in [-0.2, -0.15) is 0 Å². The van der Waals surface area contributed by atoms with Gasteiger partial charge in [-0.25, -0.2) is 0 Å². The highest BCUT2D eigenvalue weighted by atomic mass is 16.3. The Morgan fingerprint density at radius 2 is 1.69 bits per heavy atom. The third kappa shape index (κ3) is 4.07. The molecule has 0 heterocycles. The second kappa shape index (κ2) is 7.12. The van der Waals surface area contributed by atoms with Crippen molar-refractivity contribution < 1.29 is 14.7 Å². The Labute approximate surface area is 173 Å². The number of aliphatic hydroxyl groups is 1. The zero-order valence-electron chi connectivity index (χ0n) is 18.2. The fraction of sp³-hybridized carbons (Fsp3) is 0.667. The number of hydrogen-bond donors (Lipinski definition) is 2. The fourth-order valence-electron chi connectivity index (χ4n) is 6.92. The van der Waals surface area contributed by atoms with Gasteiger partial charge in [0.1, 0.15) is 0 Å². The van der Waals surface area contributed by atoms with E-state index in [1.807, 2.05) is 20.8 Å². The lowest BCUT2D eigenvalue weighted by molar-refractivity contribution is -0.171. The lowest BCUT2D eigenvalue weighted by atomic mass is 9.47. The Hall–Kier alpha value is -1.88. The van der Waals surface area contributed by atoms with Crippen LogP contribution in [0.5, 0.6) is 0 Å². The largest absolute Gasteiger partial charge is 0.390 e. The minimum absolute atomic E-state index is 0.0167. The maximum atomic E-state index is 13.0. The Bertz CT molecular complexity index is 810. The molecule has 29 heavy (non-hydrogen) atoms. The van der Waals surface area contributed by atoms with Crippen LogP contribution in [-0.4, -0.2) is 41.0 Å². The van der Waals surface area contributed by atoms with Gasteiger partial charge in [-0.1, -0.05) is 17.7 Å². The van der Waals surface area contributed by atoms with Crippen LogP contribution in [0.1, 0.15) is 61.6 Å². The van der Waals surface area contributed by atoms with Crippen molar-refractivity contribution >= 4 is 17.5 Å². The molecule has 0 saturated heterocycles. The number of carbonyl (C=O) groups is 2. The van der Waals surface area contributed by atoms with Gasteiger partial charge in [0.15, 0.2) is 0 Å². The van der Waals surface area contributed by atoms with Crippen molar-refractivity contribution in [2.45, 2.75) is 71.3 Å². The van der Waals surface area contributed by atoms with Gasteiger partial charge in [0.25, 0.3) is 0 Å². The molecule has 2 N–H and O–H groups in total. The highest BCUT2D eigenvalue weighted by Crippen LogP contribution is 2.62. The number of aryl methyl sites for hydroxylation is 3. The molecule has 1 aromatic carbocycles. The van der Waals surface area contributed by atoms with Gasteiger partial charge in [0.05, 0.1) is 12.1 Å². The Morgan fingerprint density at radius 3 is 2.24 bits per heavy atom. The summed E-state index contributed by atoms with van der Waals surface area (Å²) in [6.45, 7) is 6.07. The second-order valence-corrected chi connectivity index (χ2v) is 10.4. The van der Waals surface area contributed by atoms with Crippen molar-refractivity contribution in [3.05, 3.63) is 28.8 Å². The van der Waals surface area contributed by atoms with Crippen LogP contribution in [0.4, 0.5) is 5.69 Å². The van der Waals surface area contributed by atoms with Crippen LogP contribution in [0, 0.1) is 38.0 Å². The number of likely N-dealkylation sites (N-methyl/N-ethyl adjacent to an activating group) is 1. The minimum atomic E-state index is -0.555. The highest BCUT2D eigenvalue weighted by Gasteiger charge is 2.57. The summed E-state index contributed by atoms with van der Waals surface area (Å²) in [4.78, 5) is 27.1. The molecule has 4 atom stereocenters. The van der Waals surface area contributed by atoms with Crippen LogP contribution < -0.4 is 5.32 Å². The van der Waals surface area contributed by atoms with Gasteiger partial charge in [0, 0.05) is 19.2 Å². The van der Waals surface area contributed by atoms with Crippen LogP contribution >= 0.6 is 0 Å². The van der Waals surface area contributed by atoms with Gasteiger partial charge in [-0.05, 0) is 87.7 Å². The molecule has 4 aliphatic carbocycles. The SMILES string of the molecule is Cc1cc(C)c(NC(=O)CN(C)C(=O)CC23C[C@@H]4C[C@@H](CC(O)(C4)C2)C3)c(C)c1. The first-order chi connectivity index (χ1) is 13.6. The molecule has 0 spiro atoms. The molecular weight excluding hydrogens is 364 g/mol. The van der Waals surface area contributed by atoms with Gasteiger partial charge in [-0.3, -0.25) is 9.59 Å². The van der Waals surface area contributed by atoms with Crippen LogP contribution in [0.2, 0.25) is 0 Å². The molecule has 0 aromatic heterocycles. The van der Waals surface area contributed by atoms with Gasteiger partial charge >= 0.3 is 0 Å². The molecule has 5 heteroatoms. The Balaban J connectivity index is 1.37. The number of benzene rings is 1. The summed E-state index contributed by atoms with van der Waals surface area (Å²) in [5, 5.41) is 13.9. The zero-order chi connectivity index (χ0) is 21.0. The van der Waals surface area contributed by atoms with Crippen molar-refractivity contribution in [1.29, 1.82) is 0 Å². The number of hydrogen-bond acceptors (Lipinski definition) is 3. The lowest BCUT2D eigenvalue weighted by Gasteiger charge is -2.60. The van der Waals surface area contributed by atoms with E-state index in [2.05, 4.69) is 17.4 Å². The zero-order valence-corrected chi connectivity index (χ0v) is 18.2. The van der Waals surface area contributed by atoms with Crippen LogP contribution in [0.25, 0.3) is 0 Å². The molecule has 0 aliphatic heterocycles. The molecule has 1 aromatic rings. The standard InChI is InChI=1S/C24H34N2O3/c1-15-5-16(2)22(17(3)6-15)25-20(27)13-26(4)21(28)12-23-8-18-7-19(9-23)11-24(29,10-18)14-23/h5-6,18-19,29H,7-14H2,1-4H3,(H,25,27)/t18-,19+,23?,24?. The van der Waals surface area contributed by atoms with Crippen molar-refractivity contribution in [2.24, 2.45) is 17.3 Å². The monoisotopic (exact) mass is 398 g/mol. The number of rotatable bonds is 5. The van der Waals surface area contributed by atoms with Crippen LogP contribution in [0.3, 0.4) is 0 Å². The first-order valence-electron chi connectivity index (χ1n) is 10.9. The lowest BCUT2D eigenvalue weighted by Crippen LogP contribution is -2.56. The first-order valence-corrected chi connectivity index (χ1v) is 10.9. The smallest absolute Gasteiger partial charge is 0.243 e. The van der Waals surface area contributed by atoms with Crippen molar-refractivity contribution in [1.82, 2.24) is 4.90 Å². The molecule has 2 unspecified atom stereocenters. The van der Waals surface area contributed by atoms with Crippen molar-refractivity contribution in [3.63, 3.8) is 0 Å². The second-order valence-electron chi connectivity index (χ2n) is 10.4. The number of nitrogens with one attached hydrogen (secondary N) is 1. The predicted molar refractivity (Wildman–Crippen MR) is 114 cm³/mol. The van der Waals surface area contributed by atoms with Gasteiger partial charge < -0.3 is 15.3 Å². The number of carbonyl (C=O) groups excluding carboxylic acids is 2. The molecule has 5 rings (SSSR count). The molecule has 4 saturated carbocycles. The van der Waals surface area contributed by atoms with E-state index in [4.69, 9.17) is 0 Å². The summed E-state index contributed by atoms with van der Waals surface area (Å²) in [6, 6.07) is 4.10. The summed E-state index contributed by atoms with van der Waals surface area (Å²) in [6.07, 6.45) is 6.35. The summed E-state index contributed by atoms with van der Waals surface area (Å²) in [5.74, 6) is 0.980. The molecule has 158 valence electrons. The average Bonchev–Trinajstić information content (AvgIpc) is 2.55. The van der Waals surface area contributed by atoms with Crippen LogP contribution in [-0.2, 0) is 9.59 Å². The number of amides is 2. The van der Waals surface area contributed by atoms with Crippen LogP contribution in [0.15, 0.2) is 12.1 Å². The van der Waals surface area contributed by atoms with E-state index in [-0.39, 0.29) is 23.8 Å². The number of anilines is 1. The van der Waals surface area contributed by atoms with Gasteiger partial charge in [0.2, 0.25) is 11.8 Å². The topological polar surface area (TPSA) is 69.6 Å². The molecule has 2 amide bonds. The summed E-state index contributed by atoms with van der Waals surface area (Å²) >= 11 is 0. The third-order valence-corrected chi connectivity index (χ3v) is 7.43. The van der Waals surface area contributed by atoms with E-state index >= 15 is 0 Å². The molecule has 5 nitrogen and oxygen atoms in total. The summed E-state index contributed by atoms with van der Waals surface area (Å²) in [5.41, 5.74) is 3.46. The molecule has 4 fully saturated rings. The summed E-state index contributed by atoms with van der Waals surface area (Å²) in [7, 11) is 1.71. The number of nitrogens with zero attached hydrogens (tertiary/aromatic N) is 1. The Kier molecular flexibility index (Phi) is 5.01. The molecule has 4 aliphatic rings. The minimum Gasteiger partial charge on any atom is -0.390 e. The third-order valence-electron chi connectivity index (χ3n) is 7.43. The predicted octanol–water partition coefficient (Wildman–Crippen LogP) is 3.73.